The van der Waals surface area contributed by atoms with Crippen LogP contribution in [0, 0.1) is 5.41 Å². The number of nitrogens with zero attached hydrogens (tertiary/aromatic N) is 3. The summed E-state index contributed by atoms with van der Waals surface area (Å²) < 4.78 is 17.6. The topological polar surface area (TPSA) is 96.6 Å². The minimum atomic E-state index is -0.450. The molecule has 0 saturated carbocycles. The molecule has 1 atom stereocenters. The van der Waals surface area contributed by atoms with Crippen LogP contribution in [0.25, 0.3) is 6.08 Å². The number of amides is 1. The van der Waals surface area contributed by atoms with Gasteiger partial charge in [-0.1, -0.05) is 39.0 Å². The lowest BCUT2D eigenvalue weighted by atomic mass is 9.99. The van der Waals surface area contributed by atoms with Crippen molar-refractivity contribution in [1.29, 1.82) is 5.41 Å². The van der Waals surface area contributed by atoms with Crippen molar-refractivity contribution in [2.24, 2.45) is 10.1 Å². The quantitative estimate of drug-likeness (QED) is 0.247. The number of carbonyl (C=O) groups is 1. The van der Waals surface area contributed by atoms with Gasteiger partial charge in [-0.3, -0.25) is 10.2 Å². The highest BCUT2D eigenvalue weighted by Gasteiger charge is 2.35. The normalized spacial score (nSPS) is 16.7. The van der Waals surface area contributed by atoms with Crippen LogP contribution in [0.3, 0.4) is 0 Å². The van der Waals surface area contributed by atoms with Gasteiger partial charge in [-0.05, 0) is 85.3 Å². The van der Waals surface area contributed by atoms with Crippen molar-refractivity contribution in [3.05, 3.63) is 59.2 Å². The molecule has 9 heteroatoms. The van der Waals surface area contributed by atoms with E-state index in [0.717, 1.165) is 30.1 Å². The summed E-state index contributed by atoms with van der Waals surface area (Å²) in [4.78, 5) is 16.8. The van der Waals surface area contributed by atoms with Crippen LogP contribution >= 0.6 is 11.8 Å². The molecule has 2 aromatic carbocycles. The number of hydrazone groups is 1. The number of ether oxygens (including phenoxy) is 3. The number of fused-ring (bicyclic) bond motifs is 1. The zero-order valence-electron chi connectivity index (χ0n) is 22.3. The molecule has 2 aliphatic heterocycles. The number of benzene rings is 2. The molecular formula is C29H34N4O4S. The van der Waals surface area contributed by atoms with Gasteiger partial charge in [0.15, 0.2) is 17.3 Å². The second-order valence-electron chi connectivity index (χ2n) is 8.98. The van der Waals surface area contributed by atoms with Gasteiger partial charge in [0.2, 0.25) is 5.17 Å². The van der Waals surface area contributed by atoms with Crippen LogP contribution in [-0.2, 0) is 4.79 Å². The Labute approximate surface area is 228 Å². The van der Waals surface area contributed by atoms with Crippen molar-refractivity contribution < 1.29 is 19.0 Å². The lowest BCUT2D eigenvalue weighted by Gasteiger charge is -2.20. The Bertz CT molecular complexity index is 1270. The predicted octanol–water partition coefficient (Wildman–Crippen LogP) is 6.48. The molecule has 0 aliphatic carbocycles. The first-order chi connectivity index (χ1) is 18.4. The Balaban J connectivity index is 1.41. The SMILES string of the molecule is CCCC1=NN2C(=N)/C(=C\c3ccc(OCCOc4ccc([C@H](C)CC)cc4)c(OCC)c3)C(=O)N=C2S1. The molecule has 2 aliphatic rings. The van der Waals surface area contributed by atoms with Crippen molar-refractivity contribution in [3.63, 3.8) is 0 Å². The van der Waals surface area contributed by atoms with Gasteiger partial charge in [0, 0.05) is 0 Å². The summed E-state index contributed by atoms with van der Waals surface area (Å²) in [6.07, 6.45) is 4.46. The van der Waals surface area contributed by atoms with Crippen LogP contribution in [0.15, 0.2) is 58.1 Å². The van der Waals surface area contributed by atoms with E-state index < -0.39 is 5.91 Å². The average molecular weight is 535 g/mol. The zero-order valence-corrected chi connectivity index (χ0v) is 23.1. The summed E-state index contributed by atoms with van der Waals surface area (Å²) in [7, 11) is 0. The second kappa shape index (κ2) is 12.8. The highest BCUT2D eigenvalue weighted by atomic mass is 32.2. The fourth-order valence-electron chi connectivity index (χ4n) is 3.95. The smallest absolute Gasteiger partial charge is 0.283 e. The Morgan fingerprint density at radius 3 is 2.50 bits per heavy atom. The number of rotatable bonds is 12. The molecule has 4 rings (SSSR count). The molecule has 8 nitrogen and oxygen atoms in total. The van der Waals surface area contributed by atoms with Crippen LogP contribution < -0.4 is 14.2 Å². The summed E-state index contributed by atoms with van der Waals surface area (Å²) in [5, 5.41) is 15.7. The molecule has 0 radical (unpaired) electrons. The maximum absolute atomic E-state index is 12.7. The maximum atomic E-state index is 12.7. The molecular weight excluding hydrogens is 500 g/mol. The van der Waals surface area contributed by atoms with E-state index in [9.17, 15) is 4.79 Å². The fraction of sp³-hybridized carbons (Fsp3) is 0.379. The number of carbonyl (C=O) groups excluding carboxylic acids is 1. The molecule has 0 bridgehead atoms. The maximum Gasteiger partial charge on any atom is 0.283 e. The number of aliphatic imine (C=N–C) groups is 1. The molecule has 1 amide bonds. The first-order valence-corrected chi connectivity index (χ1v) is 13.9. The van der Waals surface area contributed by atoms with Gasteiger partial charge in [0.25, 0.3) is 5.91 Å². The molecule has 1 N–H and O–H groups in total. The summed E-state index contributed by atoms with van der Waals surface area (Å²) in [6.45, 7) is 9.55. The first-order valence-electron chi connectivity index (χ1n) is 13.0. The van der Waals surface area contributed by atoms with Crippen molar-refractivity contribution in [2.45, 2.75) is 52.9 Å². The van der Waals surface area contributed by atoms with Crippen LogP contribution in [-0.4, -0.2) is 46.8 Å². The van der Waals surface area contributed by atoms with E-state index in [4.69, 9.17) is 19.6 Å². The van der Waals surface area contributed by atoms with E-state index in [1.54, 1.807) is 18.2 Å². The predicted molar refractivity (Wildman–Crippen MR) is 154 cm³/mol. The van der Waals surface area contributed by atoms with Crippen molar-refractivity contribution in [1.82, 2.24) is 5.01 Å². The molecule has 200 valence electrons. The summed E-state index contributed by atoms with van der Waals surface area (Å²) in [5.74, 6) is 2.04. The fourth-order valence-corrected chi connectivity index (χ4v) is 4.94. The van der Waals surface area contributed by atoms with Gasteiger partial charge in [0.1, 0.15) is 24.0 Å². The van der Waals surface area contributed by atoms with Crippen molar-refractivity contribution in [3.8, 4) is 17.2 Å². The van der Waals surface area contributed by atoms with Gasteiger partial charge in [-0.25, -0.2) is 0 Å². The highest BCUT2D eigenvalue weighted by Crippen LogP contribution is 2.32. The zero-order chi connectivity index (χ0) is 27.1. The molecule has 0 aromatic heterocycles. The minimum absolute atomic E-state index is 0.0197. The van der Waals surface area contributed by atoms with Gasteiger partial charge in [-0.2, -0.15) is 15.1 Å². The average Bonchev–Trinajstić information content (AvgIpc) is 3.32. The summed E-state index contributed by atoms with van der Waals surface area (Å²) in [5.41, 5.74) is 2.19. The first kappa shape index (κ1) is 27.4. The Morgan fingerprint density at radius 1 is 1.03 bits per heavy atom. The van der Waals surface area contributed by atoms with Crippen LogP contribution in [0.5, 0.6) is 17.2 Å². The third-order valence-corrected chi connectivity index (χ3v) is 7.18. The van der Waals surface area contributed by atoms with Gasteiger partial charge < -0.3 is 14.2 Å². The standard InChI is InChI=1S/C29H34N4O4S/c1-5-8-26-32-33-27(30)23(28(34)31-29(33)38-26)17-20-9-14-24(25(18-20)35-7-3)37-16-15-36-22-12-10-21(11-13-22)19(4)6-2/h9-14,17-19,30H,5-8,15-16H2,1-4H3/b23-17+,30-27?/t19-/m1/s1. The lowest BCUT2D eigenvalue weighted by molar-refractivity contribution is -0.114. The largest absolute Gasteiger partial charge is 0.490 e. The number of hydrogen-bond acceptors (Lipinski definition) is 7. The van der Waals surface area contributed by atoms with E-state index in [1.807, 2.05) is 25.1 Å². The summed E-state index contributed by atoms with van der Waals surface area (Å²) >= 11 is 1.35. The van der Waals surface area contributed by atoms with Crippen molar-refractivity contribution in [2.75, 3.05) is 19.8 Å². The Morgan fingerprint density at radius 2 is 1.79 bits per heavy atom. The van der Waals surface area contributed by atoms with Crippen molar-refractivity contribution >= 4 is 39.8 Å². The van der Waals surface area contributed by atoms with Gasteiger partial charge >= 0.3 is 0 Å². The van der Waals surface area contributed by atoms with E-state index in [0.29, 0.717) is 48.0 Å². The lowest BCUT2D eigenvalue weighted by Crippen LogP contribution is -2.35. The molecule has 38 heavy (non-hydrogen) atoms. The molecule has 0 unspecified atom stereocenters. The number of amidine groups is 2. The monoisotopic (exact) mass is 534 g/mol. The van der Waals surface area contributed by atoms with E-state index >= 15 is 0 Å². The second-order valence-corrected chi connectivity index (χ2v) is 10.0. The number of thioether (sulfide) groups is 1. The molecule has 2 heterocycles. The molecule has 0 saturated heterocycles. The number of nitrogens with one attached hydrogen (secondary N) is 1. The number of hydrogen-bond donors (Lipinski definition) is 1. The van der Waals surface area contributed by atoms with Crippen LogP contribution in [0.4, 0.5) is 0 Å². The highest BCUT2D eigenvalue weighted by molar-refractivity contribution is 8.26. The van der Waals surface area contributed by atoms with E-state index in [2.05, 4.69) is 43.0 Å². The third kappa shape index (κ3) is 6.45. The van der Waals surface area contributed by atoms with E-state index in [1.165, 1.54) is 22.3 Å². The van der Waals surface area contributed by atoms with Gasteiger partial charge in [0.05, 0.1) is 12.2 Å². The third-order valence-electron chi connectivity index (χ3n) is 6.21. The molecule has 2 aromatic rings. The van der Waals surface area contributed by atoms with Gasteiger partial charge in [-0.15, -0.1) is 0 Å². The summed E-state index contributed by atoms with van der Waals surface area (Å²) in [6, 6.07) is 13.6. The van der Waals surface area contributed by atoms with E-state index in [-0.39, 0.29) is 11.4 Å². The van der Waals surface area contributed by atoms with Crippen LogP contribution in [0.2, 0.25) is 0 Å². The Hall–Kier alpha value is -3.59. The Kier molecular flexibility index (Phi) is 9.23. The van der Waals surface area contributed by atoms with Crippen LogP contribution in [0.1, 0.15) is 64.0 Å². The molecule has 0 fully saturated rings. The molecule has 0 spiro atoms. The minimum Gasteiger partial charge on any atom is -0.490 e.